The molecule has 27 heavy (non-hydrogen) atoms. The van der Waals surface area contributed by atoms with Crippen LogP contribution in [0, 0.1) is 16.7 Å². The molecule has 1 fully saturated rings. The number of likely N-dealkylation sites (tertiary alicyclic amines) is 1. The van der Waals surface area contributed by atoms with Crippen molar-refractivity contribution in [2.75, 3.05) is 44.4 Å². The molecule has 0 radical (unpaired) electrons. The third-order valence-electron chi connectivity index (χ3n) is 4.88. The highest BCUT2D eigenvalue weighted by Crippen LogP contribution is 2.32. The first-order valence-electron chi connectivity index (χ1n) is 8.85. The lowest BCUT2D eigenvalue weighted by Crippen LogP contribution is -2.40. The number of hydrogen-bond acceptors (Lipinski definition) is 9. The maximum atomic E-state index is 8.79. The van der Waals surface area contributed by atoms with Crippen molar-refractivity contribution in [1.82, 2.24) is 25.1 Å². The number of anilines is 3. The van der Waals surface area contributed by atoms with Gasteiger partial charge < -0.3 is 20.3 Å². The van der Waals surface area contributed by atoms with Gasteiger partial charge in [0.05, 0.1) is 19.5 Å². The third kappa shape index (κ3) is 4.80. The van der Waals surface area contributed by atoms with Gasteiger partial charge in [0.25, 0.3) is 5.88 Å². The Morgan fingerprint density at radius 3 is 2.63 bits per heavy atom. The summed E-state index contributed by atoms with van der Waals surface area (Å²) in [6.07, 6.45) is 5.17. The predicted octanol–water partition coefficient (Wildman–Crippen LogP) is 2.03. The molecule has 3 rings (SSSR count). The normalized spacial score (nSPS) is 16.4. The summed E-state index contributed by atoms with van der Waals surface area (Å²) in [6.45, 7) is 5.35. The maximum absolute atomic E-state index is 8.79. The molecule has 2 N–H and O–H groups in total. The zero-order valence-electron chi connectivity index (χ0n) is 15.9. The smallest absolute Gasteiger partial charge is 0.256 e. The van der Waals surface area contributed by atoms with E-state index in [1.165, 1.54) is 12.4 Å². The van der Waals surface area contributed by atoms with Crippen molar-refractivity contribution < 1.29 is 4.74 Å². The summed E-state index contributed by atoms with van der Waals surface area (Å²) in [5.41, 5.74) is 1.26. The molecule has 9 heteroatoms. The fourth-order valence-electron chi connectivity index (χ4n) is 2.94. The van der Waals surface area contributed by atoms with Gasteiger partial charge in [0.15, 0.2) is 11.5 Å². The Balaban J connectivity index is 1.70. The maximum Gasteiger partial charge on any atom is 0.256 e. The van der Waals surface area contributed by atoms with Crippen LogP contribution in [-0.4, -0.2) is 58.9 Å². The molecule has 142 valence electrons. The largest absolute Gasteiger partial charge is 0.478 e. The molecule has 2 aromatic heterocycles. The molecular formula is C18H24N8O. The molecule has 0 atom stereocenters. The topological polar surface area (TPSA) is 112 Å². The highest BCUT2D eigenvalue weighted by atomic mass is 16.5. The molecule has 1 saturated heterocycles. The average Bonchev–Trinajstić information content (AvgIpc) is 2.70. The fraction of sp³-hybridized carbons (Fsp3) is 0.500. The Kier molecular flexibility index (Phi) is 5.66. The van der Waals surface area contributed by atoms with E-state index >= 15 is 0 Å². The van der Waals surface area contributed by atoms with Crippen LogP contribution in [0.4, 0.5) is 17.3 Å². The lowest BCUT2D eigenvalue weighted by Gasteiger charge is -2.38. The highest BCUT2D eigenvalue weighted by Gasteiger charge is 2.29. The lowest BCUT2D eigenvalue weighted by molar-refractivity contribution is 0.150. The van der Waals surface area contributed by atoms with Crippen molar-refractivity contribution in [1.29, 1.82) is 5.26 Å². The van der Waals surface area contributed by atoms with E-state index in [0.717, 1.165) is 38.2 Å². The van der Waals surface area contributed by atoms with E-state index in [4.69, 9.17) is 10.00 Å². The van der Waals surface area contributed by atoms with Crippen LogP contribution >= 0.6 is 0 Å². The number of piperidine rings is 1. The van der Waals surface area contributed by atoms with Gasteiger partial charge in [0.2, 0.25) is 0 Å². The SMILES string of the molecule is COc1nnc(Nc2cnc(C#N)cn2)cc1NCC1(C)CCN(C)CC1. The Bertz CT molecular complexity index is 809. The second kappa shape index (κ2) is 8.14. The number of hydrogen-bond donors (Lipinski definition) is 2. The van der Waals surface area contributed by atoms with Crippen molar-refractivity contribution in [3.8, 4) is 11.9 Å². The number of aromatic nitrogens is 4. The molecule has 1 aliphatic rings. The summed E-state index contributed by atoms with van der Waals surface area (Å²) in [6, 6.07) is 3.77. The number of methoxy groups -OCH3 is 1. The van der Waals surface area contributed by atoms with Crippen molar-refractivity contribution in [3.63, 3.8) is 0 Å². The van der Waals surface area contributed by atoms with E-state index in [1.807, 2.05) is 12.1 Å². The molecule has 3 heterocycles. The summed E-state index contributed by atoms with van der Waals surface area (Å²) < 4.78 is 5.33. The van der Waals surface area contributed by atoms with E-state index < -0.39 is 0 Å². The van der Waals surface area contributed by atoms with Gasteiger partial charge in [0.1, 0.15) is 17.6 Å². The molecule has 0 bridgehead atoms. The minimum Gasteiger partial charge on any atom is -0.478 e. The van der Waals surface area contributed by atoms with Crippen molar-refractivity contribution >= 4 is 17.3 Å². The first-order chi connectivity index (χ1) is 13.0. The first kappa shape index (κ1) is 18.8. The zero-order chi connectivity index (χ0) is 19.3. The van der Waals surface area contributed by atoms with Crippen LogP contribution in [0.1, 0.15) is 25.5 Å². The molecule has 0 aliphatic carbocycles. The summed E-state index contributed by atoms with van der Waals surface area (Å²) in [7, 11) is 3.73. The number of rotatable bonds is 6. The molecule has 0 saturated carbocycles. The molecule has 1 aliphatic heterocycles. The second-order valence-corrected chi connectivity index (χ2v) is 7.14. The van der Waals surface area contributed by atoms with Crippen LogP contribution in [0.2, 0.25) is 0 Å². The van der Waals surface area contributed by atoms with E-state index in [1.54, 1.807) is 7.11 Å². The number of nitrogens with one attached hydrogen (secondary N) is 2. The van der Waals surface area contributed by atoms with Crippen LogP contribution < -0.4 is 15.4 Å². The Hall–Kier alpha value is -2.99. The summed E-state index contributed by atoms with van der Waals surface area (Å²) in [4.78, 5) is 10.5. The highest BCUT2D eigenvalue weighted by molar-refractivity contribution is 5.61. The number of nitrogens with zero attached hydrogens (tertiary/aromatic N) is 6. The monoisotopic (exact) mass is 368 g/mol. The predicted molar refractivity (Wildman–Crippen MR) is 102 cm³/mol. The van der Waals surface area contributed by atoms with Crippen LogP contribution in [0.25, 0.3) is 0 Å². The van der Waals surface area contributed by atoms with E-state index in [9.17, 15) is 0 Å². The zero-order valence-corrected chi connectivity index (χ0v) is 15.9. The van der Waals surface area contributed by atoms with Crippen LogP contribution in [0.5, 0.6) is 5.88 Å². The van der Waals surface area contributed by atoms with E-state index in [0.29, 0.717) is 17.5 Å². The van der Waals surface area contributed by atoms with Gasteiger partial charge >= 0.3 is 0 Å². The third-order valence-corrected chi connectivity index (χ3v) is 4.88. The van der Waals surface area contributed by atoms with Crippen LogP contribution in [0.3, 0.4) is 0 Å². The standard InChI is InChI=1S/C18H24N8O/c1-18(4-6-26(2)7-5-18)12-22-14-8-15(24-25-17(14)27-3)23-16-11-20-13(9-19)10-21-16/h8,10-11H,4-7,12H2,1-3H3,(H2,21,22,23,24). The minimum absolute atomic E-state index is 0.229. The van der Waals surface area contributed by atoms with Gasteiger partial charge in [-0.3, -0.25) is 0 Å². The molecule has 0 aromatic carbocycles. The number of ether oxygens (including phenoxy) is 1. The van der Waals surface area contributed by atoms with Crippen molar-refractivity contribution in [2.45, 2.75) is 19.8 Å². The van der Waals surface area contributed by atoms with E-state index in [-0.39, 0.29) is 11.1 Å². The van der Waals surface area contributed by atoms with Gasteiger partial charge in [-0.2, -0.15) is 5.26 Å². The average molecular weight is 368 g/mol. The van der Waals surface area contributed by atoms with Crippen LogP contribution in [0.15, 0.2) is 18.5 Å². The first-order valence-corrected chi connectivity index (χ1v) is 8.85. The summed E-state index contributed by atoms with van der Waals surface area (Å²) in [5, 5.41) is 23.5. The Morgan fingerprint density at radius 2 is 2.00 bits per heavy atom. The molecular weight excluding hydrogens is 344 g/mol. The molecule has 9 nitrogen and oxygen atoms in total. The van der Waals surface area contributed by atoms with Gasteiger partial charge in [-0.25, -0.2) is 9.97 Å². The quantitative estimate of drug-likeness (QED) is 0.791. The van der Waals surface area contributed by atoms with Crippen molar-refractivity contribution in [2.24, 2.45) is 5.41 Å². The minimum atomic E-state index is 0.229. The van der Waals surface area contributed by atoms with Crippen LogP contribution in [-0.2, 0) is 0 Å². The number of nitriles is 1. The summed E-state index contributed by atoms with van der Waals surface area (Å²) >= 11 is 0. The lowest BCUT2D eigenvalue weighted by atomic mass is 9.80. The Morgan fingerprint density at radius 1 is 1.22 bits per heavy atom. The van der Waals surface area contributed by atoms with Gasteiger partial charge in [-0.05, 0) is 38.4 Å². The Labute approximate surface area is 158 Å². The van der Waals surface area contributed by atoms with Crippen molar-refractivity contribution in [3.05, 3.63) is 24.2 Å². The molecule has 2 aromatic rings. The van der Waals surface area contributed by atoms with Gasteiger partial charge in [0, 0.05) is 12.6 Å². The fourth-order valence-corrected chi connectivity index (χ4v) is 2.94. The molecule has 0 unspecified atom stereocenters. The molecule has 0 amide bonds. The van der Waals surface area contributed by atoms with E-state index in [2.05, 4.69) is 49.7 Å². The summed E-state index contributed by atoms with van der Waals surface area (Å²) in [5.74, 6) is 1.45. The molecule has 0 spiro atoms. The van der Waals surface area contributed by atoms with Gasteiger partial charge in [-0.15, -0.1) is 10.2 Å². The second-order valence-electron chi connectivity index (χ2n) is 7.14. The van der Waals surface area contributed by atoms with Gasteiger partial charge in [-0.1, -0.05) is 6.92 Å².